The Balaban J connectivity index is 1.62. The SMILES string of the molecule is O=C1c2ccc3c4c(ccc(c24)C(=O)N1CCCCCC[O-])C(=O)N(CCCCCCO)C3=O. The third kappa shape index (κ3) is 4.23. The zero-order chi connectivity index (χ0) is 24.2. The zero-order valence-corrected chi connectivity index (χ0v) is 19.2. The monoisotopic (exact) mass is 465 g/mol. The summed E-state index contributed by atoms with van der Waals surface area (Å²) < 4.78 is 0. The van der Waals surface area contributed by atoms with E-state index in [0.29, 0.717) is 58.7 Å². The Morgan fingerprint density at radius 2 is 0.912 bits per heavy atom. The summed E-state index contributed by atoms with van der Waals surface area (Å²) in [6.45, 7) is 0.548. The van der Waals surface area contributed by atoms with Crippen LogP contribution in [-0.2, 0) is 0 Å². The van der Waals surface area contributed by atoms with Gasteiger partial charge in [0.25, 0.3) is 23.6 Å². The fraction of sp³-hybridized carbons (Fsp3) is 0.462. The van der Waals surface area contributed by atoms with Crippen molar-refractivity contribution in [2.24, 2.45) is 0 Å². The lowest BCUT2D eigenvalue weighted by molar-refractivity contribution is -0.368. The van der Waals surface area contributed by atoms with Gasteiger partial charge in [0.1, 0.15) is 0 Å². The van der Waals surface area contributed by atoms with Crippen LogP contribution < -0.4 is 5.11 Å². The van der Waals surface area contributed by atoms with Crippen molar-refractivity contribution in [2.75, 3.05) is 26.3 Å². The molecule has 0 radical (unpaired) electrons. The highest BCUT2D eigenvalue weighted by Gasteiger charge is 2.39. The normalized spacial score (nSPS) is 15.1. The van der Waals surface area contributed by atoms with Gasteiger partial charge in [0.15, 0.2) is 0 Å². The number of rotatable bonds is 12. The molecule has 0 aromatic heterocycles. The second-order valence-corrected chi connectivity index (χ2v) is 8.85. The molecule has 4 rings (SSSR count). The molecule has 34 heavy (non-hydrogen) atoms. The average Bonchev–Trinajstić information content (AvgIpc) is 2.84. The first-order valence-corrected chi connectivity index (χ1v) is 12.0. The maximum Gasteiger partial charge on any atom is 0.261 e. The van der Waals surface area contributed by atoms with E-state index in [1.165, 1.54) is 9.80 Å². The Hall–Kier alpha value is -3.10. The van der Waals surface area contributed by atoms with Crippen LogP contribution in [0.25, 0.3) is 10.8 Å². The van der Waals surface area contributed by atoms with Crippen LogP contribution >= 0.6 is 0 Å². The minimum Gasteiger partial charge on any atom is -0.854 e. The van der Waals surface area contributed by atoms with E-state index < -0.39 is 23.6 Å². The van der Waals surface area contributed by atoms with E-state index in [-0.39, 0.29) is 26.3 Å². The van der Waals surface area contributed by atoms with Crippen molar-refractivity contribution in [2.45, 2.75) is 51.4 Å². The molecule has 0 saturated carbocycles. The highest BCUT2D eigenvalue weighted by molar-refractivity contribution is 6.33. The number of aliphatic hydroxyl groups is 1. The van der Waals surface area contributed by atoms with Gasteiger partial charge in [0.05, 0.1) is 0 Å². The number of imide groups is 2. The molecule has 180 valence electrons. The maximum absolute atomic E-state index is 13.2. The molecular formula is C26H29N2O6-. The topological polar surface area (TPSA) is 118 Å². The lowest BCUT2D eigenvalue weighted by atomic mass is 9.86. The highest BCUT2D eigenvalue weighted by atomic mass is 16.3. The molecule has 2 aliphatic rings. The molecule has 2 aliphatic heterocycles. The van der Waals surface area contributed by atoms with Crippen molar-refractivity contribution in [3.8, 4) is 0 Å². The summed E-state index contributed by atoms with van der Waals surface area (Å²) in [7, 11) is 0. The summed E-state index contributed by atoms with van der Waals surface area (Å²) in [5, 5.41) is 20.3. The first kappa shape index (κ1) is 24.0. The average molecular weight is 466 g/mol. The van der Waals surface area contributed by atoms with Crippen molar-refractivity contribution in [3.05, 3.63) is 46.5 Å². The predicted molar refractivity (Wildman–Crippen MR) is 124 cm³/mol. The standard InChI is InChI=1S/C26H29N2O6/c29-15-7-3-1-5-13-27-23(31)17-9-11-19-22-20(12-10-18(21(17)22)24(27)32)26(34)28(25(19)33)14-6-2-4-8-16-30/h9-12,29H,1-8,13-16H2/q-1. The number of hydrogen-bond acceptors (Lipinski definition) is 6. The van der Waals surface area contributed by atoms with Gasteiger partial charge in [0, 0.05) is 52.7 Å². The molecule has 0 bridgehead atoms. The summed E-state index contributed by atoms with van der Waals surface area (Å²) in [6, 6.07) is 6.33. The van der Waals surface area contributed by atoms with Crippen molar-refractivity contribution < 1.29 is 29.4 Å². The van der Waals surface area contributed by atoms with Crippen molar-refractivity contribution in [1.29, 1.82) is 0 Å². The van der Waals surface area contributed by atoms with Gasteiger partial charge in [-0.1, -0.05) is 32.1 Å². The summed E-state index contributed by atoms with van der Waals surface area (Å²) >= 11 is 0. The summed E-state index contributed by atoms with van der Waals surface area (Å²) in [5.41, 5.74) is 1.31. The first-order valence-electron chi connectivity index (χ1n) is 12.0. The molecule has 0 spiro atoms. The summed E-state index contributed by atoms with van der Waals surface area (Å²) in [4.78, 5) is 55.2. The molecule has 0 saturated heterocycles. The van der Waals surface area contributed by atoms with Crippen LogP contribution in [0, 0.1) is 0 Å². The van der Waals surface area contributed by atoms with Crippen LogP contribution in [0.15, 0.2) is 24.3 Å². The largest absolute Gasteiger partial charge is 0.854 e. The Morgan fingerprint density at radius 3 is 1.26 bits per heavy atom. The Kier molecular flexibility index (Phi) is 7.38. The number of aliphatic hydroxyl groups excluding tert-OH is 1. The smallest absolute Gasteiger partial charge is 0.261 e. The second-order valence-electron chi connectivity index (χ2n) is 8.85. The number of carbonyl (C=O) groups is 4. The Morgan fingerprint density at radius 1 is 0.559 bits per heavy atom. The fourth-order valence-corrected chi connectivity index (χ4v) is 4.84. The van der Waals surface area contributed by atoms with E-state index >= 15 is 0 Å². The van der Waals surface area contributed by atoms with Crippen molar-refractivity contribution >= 4 is 34.4 Å². The van der Waals surface area contributed by atoms with E-state index in [9.17, 15) is 24.3 Å². The minimum atomic E-state index is -0.420. The van der Waals surface area contributed by atoms with E-state index in [1.54, 1.807) is 24.3 Å². The van der Waals surface area contributed by atoms with E-state index in [2.05, 4.69) is 0 Å². The molecule has 8 heteroatoms. The molecule has 0 fully saturated rings. The van der Waals surface area contributed by atoms with Gasteiger partial charge in [-0.2, -0.15) is 0 Å². The van der Waals surface area contributed by atoms with Gasteiger partial charge < -0.3 is 10.2 Å². The quantitative estimate of drug-likeness (QED) is 0.380. The molecule has 2 aromatic carbocycles. The fourth-order valence-electron chi connectivity index (χ4n) is 4.84. The zero-order valence-electron chi connectivity index (χ0n) is 19.2. The van der Waals surface area contributed by atoms with Gasteiger partial charge >= 0.3 is 0 Å². The van der Waals surface area contributed by atoms with Crippen LogP contribution in [-0.4, -0.2) is 64.8 Å². The Bertz CT molecular complexity index is 983. The Labute approximate surface area is 198 Å². The molecule has 4 amide bonds. The van der Waals surface area contributed by atoms with Crippen LogP contribution in [0.3, 0.4) is 0 Å². The molecule has 2 heterocycles. The minimum absolute atomic E-state index is 0.123. The third-order valence-corrected chi connectivity index (χ3v) is 6.63. The lowest BCUT2D eigenvalue weighted by Gasteiger charge is -2.32. The number of carbonyl (C=O) groups excluding carboxylic acids is 4. The molecule has 2 aromatic rings. The second kappa shape index (κ2) is 10.4. The van der Waals surface area contributed by atoms with Gasteiger partial charge in [-0.3, -0.25) is 29.0 Å². The van der Waals surface area contributed by atoms with E-state index in [4.69, 9.17) is 5.11 Å². The third-order valence-electron chi connectivity index (χ3n) is 6.63. The molecule has 0 atom stereocenters. The van der Waals surface area contributed by atoms with Crippen molar-refractivity contribution in [3.63, 3.8) is 0 Å². The number of amides is 4. The summed E-state index contributed by atoms with van der Waals surface area (Å²) in [6.07, 6.45) is 5.69. The van der Waals surface area contributed by atoms with Crippen LogP contribution in [0.4, 0.5) is 0 Å². The number of nitrogens with zero attached hydrogens (tertiary/aromatic N) is 2. The molecule has 0 unspecified atom stereocenters. The predicted octanol–water partition coefficient (Wildman–Crippen LogP) is 2.51. The molecule has 0 aliphatic carbocycles. The molecular weight excluding hydrogens is 436 g/mol. The van der Waals surface area contributed by atoms with Gasteiger partial charge in [-0.05, 0) is 43.5 Å². The number of hydrogen-bond donors (Lipinski definition) is 1. The van der Waals surface area contributed by atoms with Gasteiger partial charge in [-0.25, -0.2) is 0 Å². The molecule has 8 nitrogen and oxygen atoms in total. The lowest BCUT2D eigenvalue weighted by Crippen LogP contribution is -2.43. The van der Waals surface area contributed by atoms with E-state index in [1.807, 2.05) is 0 Å². The van der Waals surface area contributed by atoms with Gasteiger partial charge in [0.2, 0.25) is 0 Å². The van der Waals surface area contributed by atoms with Gasteiger partial charge in [-0.15, -0.1) is 6.61 Å². The number of benzene rings is 2. The number of unbranched alkanes of at least 4 members (excludes halogenated alkanes) is 6. The molecule has 1 N–H and O–H groups in total. The van der Waals surface area contributed by atoms with Crippen LogP contribution in [0.5, 0.6) is 0 Å². The van der Waals surface area contributed by atoms with E-state index in [0.717, 1.165) is 25.7 Å². The first-order chi connectivity index (χ1) is 16.5. The van der Waals surface area contributed by atoms with Crippen LogP contribution in [0.1, 0.15) is 92.8 Å². The highest BCUT2D eigenvalue weighted by Crippen LogP contribution is 2.38. The van der Waals surface area contributed by atoms with Crippen LogP contribution in [0.2, 0.25) is 0 Å². The maximum atomic E-state index is 13.2. The summed E-state index contributed by atoms with van der Waals surface area (Å²) in [5.74, 6) is -1.67. The van der Waals surface area contributed by atoms with Crippen molar-refractivity contribution in [1.82, 2.24) is 9.80 Å².